The number of pyridine rings is 1. The van der Waals surface area contributed by atoms with Crippen LogP contribution in [0.1, 0.15) is 17.3 Å². The van der Waals surface area contributed by atoms with E-state index in [1.165, 1.54) is 0 Å². The number of carbonyl (C=O) groups excluding carboxylic acids is 1. The molecule has 1 amide bonds. The van der Waals surface area contributed by atoms with Gasteiger partial charge in [0.05, 0.1) is 6.61 Å². The second-order valence-corrected chi connectivity index (χ2v) is 3.29. The van der Waals surface area contributed by atoms with Crippen molar-refractivity contribution in [2.45, 2.75) is 6.92 Å². The Hall–Kier alpha value is -1.62. The molecule has 0 aromatic carbocycles. The number of rotatable bonds is 5. The van der Waals surface area contributed by atoms with Gasteiger partial charge in [0.1, 0.15) is 5.82 Å². The van der Waals surface area contributed by atoms with Crippen molar-refractivity contribution in [3.8, 4) is 0 Å². The lowest BCUT2D eigenvalue weighted by Crippen LogP contribution is -2.33. The molecule has 1 rings (SSSR count). The third-order valence-corrected chi connectivity index (χ3v) is 2.30. The van der Waals surface area contributed by atoms with E-state index < -0.39 is 0 Å². The molecule has 0 aliphatic carbocycles. The number of nitrogens with one attached hydrogen (secondary N) is 1. The number of nitrogens with zero attached hydrogens (tertiary/aromatic N) is 2. The Morgan fingerprint density at radius 1 is 1.62 bits per heavy atom. The molecule has 0 fully saturated rings. The summed E-state index contributed by atoms with van der Waals surface area (Å²) in [5.74, 6) is 0.571. The largest absolute Gasteiger partial charge is 0.395 e. The Morgan fingerprint density at radius 2 is 2.38 bits per heavy atom. The van der Waals surface area contributed by atoms with Gasteiger partial charge in [0.2, 0.25) is 0 Å². The maximum absolute atomic E-state index is 12.0. The molecule has 0 aliphatic rings. The Balaban J connectivity index is 2.85. The third-order valence-electron chi connectivity index (χ3n) is 2.30. The van der Waals surface area contributed by atoms with Crippen LogP contribution in [-0.4, -0.2) is 47.6 Å². The third kappa shape index (κ3) is 2.93. The van der Waals surface area contributed by atoms with Crippen molar-refractivity contribution in [2.75, 3.05) is 32.1 Å². The van der Waals surface area contributed by atoms with Gasteiger partial charge in [0.25, 0.3) is 5.91 Å². The van der Waals surface area contributed by atoms with Gasteiger partial charge in [0.15, 0.2) is 0 Å². The topological polar surface area (TPSA) is 65.5 Å². The monoisotopic (exact) mass is 223 g/mol. The summed E-state index contributed by atoms with van der Waals surface area (Å²) in [6.45, 7) is 2.79. The number of hydrogen-bond acceptors (Lipinski definition) is 4. The quantitative estimate of drug-likeness (QED) is 0.766. The van der Waals surface area contributed by atoms with E-state index in [4.69, 9.17) is 5.11 Å². The number of amides is 1. The van der Waals surface area contributed by atoms with Crippen LogP contribution in [0.5, 0.6) is 0 Å². The first-order valence-electron chi connectivity index (χ1n) is 5.26. The van der Waals surface area contributed by atoms with Gasteiger partial charge in [0, 0.05) is 31.9 Å². The molecule has 5 nitrogen and oxygen atoms in total. The summed E-state index contributed by atoms with van der Waals surface area (Å²) in [6.07, 6.45) is 1.59. The second-order valence-electron chi connectivity index (χ2n) is 3.29. The smallest absolute Gasteiger partial charge is 0.254 e. The molecule has 0 saturated heterocycles. The molecule has 1 aromatic heterocycles. The first kappa shape index (κ1) is 12.4. The highest BCUT2D eigenvalue weighted by molar-refractivity contribution is 5.94. The van der Waals surface area contributed by atoms with E-state index in [1.54, 1.807) is 30.3 Å². The van der Waals surface area contributed by atoms with E-state index in [9.17, 15) is 4.79 Å². The molecule has 0 saturated carbocycles. The Morgan fingerprint density at radius 3 is 2.94 bits per heavy atom. The Bertz CT molecular complexity index is 355. The fourth-order valence-electron chi connectivity index (χ4n) is 1.41. The number of hydrogen-bond donors (Lipinski definition) is 2. The summed E-state index contributed by atoms with van der Waals surface area (Å²) >= 11 is 0. The molecular weight excluding hydrogens is 206 g/mol. The minimum absolute atomic E-state index is 0.0243. The summed E-state index contributed by atoms with van der Waals surface area (Å²) in [4.78, 5) is 17.6. The summed E-state index contributed by atoms with van der Waals surface area (Å²) < 4.78 is 0. The van der Waals surface area contributed by atoms with E-state index in [2.05, 4.69) is 10.3 Å². The molecule has 2 N–H and O–H groups in total. The average molecular weight is 223 g/mol. The van der Waals surface area contributed by atoms with E-state index in [0.29, 0.717) is 24.5 Å². The summed E-state index contributed by atoms with van der Waals surface area (Å²) in [5.41, 5.74) is 0.578. The van der Waals surface area contributed by atoms with Crippen LogP contribution in [-0.2, 0) is 0 Å². The summed E-state index contributed by atoms with van der Waals surface area (Å²) in [6, 6.07) is 3.37. The van der Waals surface area contributed by atoms with Gasteiger partial charge in [-0.25, -0.2) is 4.98 Å². The number of anilines is 1. The van der Waals surface area contributed by atoms with Gasteiger partial charge >= 0.3 is 0 Å². The van der Waals surface area contributed by atoms with Crippen molar-refractivity contribution < 1.29 is 9.90 Å². The van der Waals surface area contributed by atoms with E-state index >= 15 is 0 Å². The van der Waals surface area contributed by atoms with Crippen LogP contribution in [0.4, 0.5) is 5.82 Å². The highest BCUT2D eigenvalue weighted by atomic mass is 16.3. The molecule has 0 spiro atoms. The van der Waals surface area contributed by atoms with E-state index in [0.717, 1.165) is 0 Å². The van der Waals surface area contributed by atoms with Crippen molar-refractivity contribution in [1.82, 2.24) is 9.88 Å². The second kappa shape index (κ2) is 6.07. The number of aliphatic hydroxyl groups is 1. The van der Waals surface area contributed by atoms with Crippen molar-refractivity contribution >= 4 is 11.7 Å². The molecular formula is C11H17N3O2. The summed E-state index contributed by atoms with van der Waals surface area (Å²) in [5, 5.41) is 11.7. The maximum atomic E-state index is 12.0. The van der Waals surface area contributed by atoms with Crippen LogP contribution in [0.2, 0.25) is 0 Å². The lowest BCUT2D eigenvalue weighted by atomic mass is 10.2. The molecule has 0 bridgehead atoms. The van der Waals surface area contributed by atoms with E-state index in [-0.39, 0.29) is 12.5 Å². The van der Waals surface area contributed by atoms with Gasteiger partial charge < -0.3 is 15.3 Å². The Labute approximate surface area is 95.1 Å². The average Bonchev–Trinajstić information content (AvgIpc) is 2.35. The zero-order valence-electron chi connectivity index (χ0n) is 9.60. The molecule has 0 unspecified atom stereocenters. The number of aliphatic hydroxyl groups excluding tert-OH is 1. The number of likely N-dealkylation sites (N-methyl/N-ethyl adjacent to an activating group) is 1. The van der Waals surface area contributed by atoms with Crippen LogP contribution in [0.25, 0.3) is 0 Å². The SMILES string of the molecule is CCN(CCO)C(=O)c1ccnc(NC)c1. The van der Waals surface area contributed by atoms with Gasteiger partial charge in [-0.2, -0.15) is 0 Å². The van der Waals surface area contributed by atoms with Crippen LogP contribution in [0, 0.1) is 0 Å². The first-order valence-corrected chi connectivity index (χ1v) is 5.26. The molecule has 0 radical (unpaired) electrons. The fourth-order valence-corrected chi connectivity index (χ4v) is 1.41. The van der Waals surface area contributed by atoms with Gasteiger partial charge in [-0.3, -0.25) is 4.79 Å². The molecule has 1 heterocycles. The molecule has 0 atom stereocenters. The standard InChI is InChI=1S/C11H17N3O2/c1-3-14(6-7-15)11(16)9-4-5-13-10(8-9)12-2/h4-5,8,15H,3,6-7H2,1-2H3,(H,12,13). The normalized spacial score (nSPS) is 9.94. The minimum atomic E-state index is -0.0875. The first-order chi connectivity index (χ1) is 7.72. The van der Waals surface area contributed by atoms with Gasteiger partial charge in [-0.15, -0.1) is 0 Å². The maximum Gasteiger partial charge on any atom is 0.254 e. The van der Waals surface area contributed by atoms with Crippen LogP contribution >= 0.6 is 0 Å². The highest BCUT2D eigenvalue weighted by Gasteiger charge is 2.13. The lowest BCUT2D eigenvalue weighted by Gasteiger charge is -2.19. The van der Waals surface area contributed by atoms with Crippen LogP contribution < -0.4 is 5.32 Å². The minimum Gasteiger partial charge on any atom is -0.395 e. The van der Waals surface area contributed by atoms with E-state index in [1.807, 2.05) is 6.92 Å². The van der Waals surface area contributed by atoms with Gasteiger partial charge in [-0.05, 0) is 19.1 Å². The highest BCUT2D eigenvalue weighted by Crippen LogP contribution is 2.08. The molecule has 5 heteroatoms. The molecule has 88 valence electrons. The van der Waals surface area contributed by atoms with Crippen molar-refractivity contribution in [3.05, 3.63) is 23.9 Å². The van der Waals surface area contributed by atoms with Gasteiger partial charge in [-0.1, -0.05) is 0 Å². The molecule has 16 heavy (non-hydrogen) atoms. The van der Waals surface area contributed by atoms with Crippen molar-refractivity contribution in [1.29, 1.82) is 0 Å². The number of aromatic nitrogens is 1. The number of carbonyl (C=O) groups is 1. The molecule has 1 aromatic rings. The van der Waals surface area contributed by atoms with Crippen molar-refractivity contribution in [2.24, 2.45) is 0 Å². The fraction of sp³-hybridized carbons (Fsp3) is 0.455. The predicted molar refractivity (Wildman–Crippen MR) is 62.4 cm³/mol. The predicted octanol–water partition coefficient (Wildman–Crippen LogP) is 0.578. The zero-order valence-corrected chi connectivity index (χ0v) is 9.60. The zero-order chi connectivity index (χ0) is 12.0. The lowest BCUT2D eigenvalue weighted by molar-refractivity contribution is 0.0732. The van der Waals surface area contributed by atoms with Crippen molar-refractivity contribution in [3.63, 3.8) is 0 Å². The molecule has 0 aliphatic heterocycles. The Kier molecular flexibility index (Phi) is 4.72. The summed E-state index contributed by atoms with van der Waals surface area (Å²) in [7, 11) is 1.75. The van der Waals surface area contributed by atoms with Crippen LogP contribution in [0.3, 0.4) is 0 Å². The van der Waals surface area contributed by atoms with Crippen LogP contribution in [0.15, 0.2) is 18.3 Å².